The van der Waals surface area contributed by atoms with Gasteiger partial charge in [0, 0.05) is 50.1 Å². The molecule has 2 N–H and O–H groups in total. The predicted molar refractivity (Wildman–Crippen MR) is 101 cm³/mol. The summed E-state index contributed by atoms with van der Waals surface area (Å²) in [6, 6.07) is 5.82. The summed E-state index contributed by atoms with van der Waals surface area (Å²) in [5.41, 5.74) is 5.32. The molecule has 0 atom stereocenters. The van der Waals surface area contributed by atoms with E-state index in [4.69, 9.17) is 9.97 Å². The van der Waals surface area contributed by atoms with E-state index in [-0.39, 0.29) is 0 Å². The lowest BCUT2D eigenvalue weighted by Gasteiger charge is -2.14. The Morgan fingerprint density at radius 2 is 2.08 bits per heavy atom. The van der Waals surface area contributed by atoms with Crippen molar-refractivity contribution >= 4 is 5.82 Å². The number of anilines is 1. The molecular weight excluding hydrogens is 326 g/mol. The Hall–Kier alpha value is -2.80. The quantitative estimate of drug-likeness (QED) is 0.749. The molecular formula is C19H23N7. The monoisotopic (exact) mass is 349 g/mol. The van der Waals surface area contributed by atoms with Gasteiger partial charge >= 0.3 is 0 Å². The predicted octanol–water partition coefficient (Wildman–Crippen LogP) is 1.88. The Morgan fingerprint density at radius 3 is 2.85 bits per heavy atom. The van der Waals surface area contributed by atoms with Gasteiger partial charge in [-0.2, -0.15) is 5.10 Å². The largest absolute Gasteiger partial charge is 0.366 e. The van der Waals surface area contributed by atoms with Gasteiger partial charge in [-0.25, -0.2) is 9.97 Å². The van der Waals surface area contributed by atoms with Crippen LogP contribution in [0.1, 0.15) is 22.5 Å². The molecule has 1 aliphatic rings. The topological polar surface area (TPSA) is 80.6 Å². The maximum absolute atomic E-state index is 4.81. The molecule has 0 spiro atoms. The van der Waals surface area contributed by atoms with E-state index in [0.29, 0.717) is 12.4 Å². The SMILES string of the molecule is Cc1nn(C)cc1CNc1nc(-c2ccccn2)nc2c1CCNCC2. The Morgan fingerprint density at radius 1 is 1.19 bits per heavy atom. The van der Waals surface area contributed by atoms with Crippen LogP contribution in [0.15, 0.2) is 30.6 Å². The molecule has 4 rings (SSSR count). The Kier molecular flexibility index (Phi) is 4.62. The summed E-state index contributed by atoms with van der Waals surface area (Å²) in [7, 11) is 1.94. The molecule has 0 amide bonds. The van der Waals surface area contributed by atoms with Gasteiger partial charge in [-0.1, -0.05) is 6.07 Å². The van der Waals surface area contributed by atoms with E-state index in [9.17, 15) is 0 Å². The van der Waals surface area contributed by atoms with Crippen molar-refractivity contribution < 1.29 is 0 Å². The van der Waals surface area contributed by atoms with Crippen molar-refractivity contribution in [1.29, 1.82) is 0 Å². The highest BCUT2D eigenvalue weighted by atomic mass is 15.3. The van der Waals surface area contributed by atoms with Gasteiger partial charge in [-0.05, 0) is 32.0 Å². The molecule has 0 saturated carbocycles. The van der Waals surface area contributed by atoms with E-state index in [1.807, 2.05) is 43.0 Å². The third-order valence-electron chi connectivity index (χ3n) is 4.64. The van der Waals surface area contributed by atoms with Crippen LogP contribution in [0.3, 0.4) is 0 Å². The van der Waals surface area contributed by atoms with Crippen LogP contribution < -0.4 is 10.6 Å². The van der Waals surface area contributed by atoms with Crippen LogP contribution >= 0.6 is 0 Å². The number of aromatic nitrogens is 5. The summed E-state index contributed by atoms with van der Waals surface area (Å²) in [6.45, 7) is 4.60. The zero-order chi connectivity index (χ0) is 17.9. The first-order valence-electron chi connectivity index (χ1n) is 8.95. The lowest BCUT2D eigenvalue weighted by molar-refractivity contribution is 0.708. The van der Waals surface area contributed by atoms with Gasteiger partial charge in [0.25, 0.3) is 0 Å². The van der Waals surface area contributed by atoms with Crippen LogP contribution in [0.4, 0.5) is 5.82 Å². The number of fused-ring (bicyclic) bond motifs is 1. The fourth-order valence-corrected chi connectivity index (χ4v) is 3.30. The first kappa shape index (κ1) is 16.7. The van der Waals surface area contributed by atoms with Gasteiger partial charge < -0.3 is 10.6 Å². The van der Waals surface area contributed by atoms with Gasteiger partial charge in [0.05, 0.1) is 11.4 Å². The summed E-state index contributed by atoms with van der Waals surface area (Å²) < 4.78 is 1.84. The van der Waals surface area contributed by atoms with Crippen LogP contribution in [0.5, 0.6) is 0 Å². The van der Waals surface area contributed by atoms with E-state index in [2.05, 4.69) is 20.7 Å². The van der Waals surface area contributed by atoms with Crippen LogP contribution in [0.2, 0.25) is 0 Å². The third kappa shape index (κ3) is 3.43. The summed E-state index contributed by atoms with van der Waals surface area (Å²) in [5.74, 6) is 1.58. The molecule has 0 aromatic carbocycles. The van der Waals surface area contributed by atoms with E-state index in [1.165, 1.54) is 11.1 Å². The maximum atomic E-state index is 4.81. The van der Waals surface area contributed by atoms with Gasteiger partial charge in [0.15, 0.2) is 5.82 Å². The molecule has 26 heavy (non-hydrogen) atoms. The summed E-state index contributed by atoms with van der Waals surface area (Å²) in [4.78, 5) is 14.0. The molecule has 3 aromatic rings. The molecule has 0 unspecified atom stereocenters. The van der Waals surface area contributed by atoms with Crippen molar-refractivity contribution in [2.24, 2.45) is 7.05 Å². The Balaban J connectivity index is 1.70. The lowest BCUT2D eigenvalue weighted by atomic mass is 10.1. The zero-order valence-corrected chi connectivity index (χ0v) is 15.2. The molecule has 0 bridgehead atoms. The van der Waals surface area contributed by atoms with Crippen LogP contribution in [-0.2, 0) is 26.4 Å². The summed E-state index contributed by atoms with van der Waals surface area (Å²) in [5, 5.41) is 11.4. The van der Waals surface area contributed by atoms with Crippen molar-refractivity contribution in [3.05, 3.63) is 53.1 Å². The van der Waals surface area contributed by atoms with Crippen molar-refractivity contribution in [2.45, 2.75) is 26.3 Å². The average Bonchev–Trinajstić information content (AvgIpc) is 2.84. The number of nitrogens with zero attached hydrogens (tertiary/aromatic N) is 5. The highest BCUT2D eigenvalue weighted by Crippen LogP contribution is 2.24. The van der Waals surface area contributed by atoms with E-state index in [1.54, 1.807) is 6.20 Å². The van der Waals surface area contributed by atoms with Crippen LogP contribution in [0.25, 0.3) is 11.5 Å². The van der Waals surface area contributed by atoms with E-state index < -0.39 is 0 Å². The number of hydrogen-bond acceptors (Lipinski definition) is 6. The molecule has 134 valence electrons. The second kappa shape index (κ2) is 7.21. The molecule has 7 nitrogen and oxygen atoms in total. The number of nitrogens with one attached hydrogen (secondary N) is 2. The highest BCUT2D eigenvalue weighted by molar-refractivity contribution is 5.57. The smallest absolute Gasteiger partial charge is 0.180 e. The van der Waals surface area contributed by atoms with Crippen molar-refractivity contribution in [3.8, 4) is 11.5 Å². The van der Waals surface area contributed by atoms with Crippen molar-refractivity contribution in [1.82, 2.24) is 30.0 Å². The minimum absolute atomic E-state index is 0.677. The van der Waals surface area contributed by atoms with Crippen LogP contribution in [0, 0.1) is 6.92 Å². The normalized spacial score (nSPS) is 13.9. The van der Waals surface area contributed by atoms with Crippen LogP contribution in [-0.4, -0.2) is 37.8 Å². The van der Waals surface area contributed by atoms with Gasteiger partial charge in [-0.3, -0.25) is 9.67 Å². The van der Waals surface area contributed by atoms with Crippen molar-refractivity contribution in [2.75, 3.05) is 18.4 Å². The molecule has 4 heterocycles. The van der Waals surface area contributed by atoms with Gasteiger partial charge in [0.2, 0.25) is 0 Å². The minimum atomic E-state index is 0.677. The minimum Gasteiger partial charge on any atom is -0.366 e. The molecule has 0 fully saturated rings. The molecule has 0 radical (unpaired) electrons. The molecule has 0 saturated heterocycles. The number of aryl methyl sites for hydroxylation is 2. The third-order valence-corrected chi connectivity index (χ3v) is 4.64. The Labute approximate surface area is 152 Å². The maximum Gasteiger partial charge on any atom is 0.180 e. The van der Waals surface area contributed by atoms with Crippen molar-refractivity contribution in [3.63, 3.8) is 0 Å². The lowest BCUT2D eigenvalue weighted by Crippen LogP contribution is -2.16. The number of pyridine rings is 1. The fourth-order valence-electron chi connectivity index (χ4n) is 3.30. The highest BCUT2D eigenvalue weighted by Gasteiger charge is 2.18. The number of rotatable bonds is 4. The Bertz CT molecular complexity index is 902. The molecule has 0 aliphatic carbocycles. The summed E-state index contributed by atoms with van der Waals surface area (Å²) in [6.07, 6.45) is 5.64. The zero-order valence-electron chi connectivity index (χ0n) is 15.2. The molecule has 3 aromatic heterocycles. The number of hydrogen-bond donors (Lipinski definition) is 2. The first-order chi connectivity index (χ1) is 12.7. The average molecular weight is 349 g/mol. The molecule has 1 aliphatic heterocycles. The first-order valence-corrected chi connectivity index (χ1v) is 8.95. The van der Waals surface area contributed by atoms with E-state index >= 15 is 0 Å². The van der Waals surface area contributed by atoms with Gasteiger partial charge in [0.1, 0.15) is 11.5 Å². The second-order valence-corrected chi connectivity index (χ2v) is 6.55. The standard InChI is InChI=1S/C19H23N7/c1-13-14(12-26(2)25-13)11-22-18-15-6-9-20-10-7-16(15)23-19(24-18)17-5-3-4-8-21-17/h3-5,8,12,20H,6-7,9-11H2,1-2H3,(H,22,23,24). The second-order valence-electron chi connectivity index (χ2n) is 6.55. The van der Waals surface area contributed by atoms with E-state index in [0.717, 1.165) is 48.8 Å². The van der Waals surface area contributed by atoms with Gasteiger partial charge in [-0.15, -0.1) is 0 Å². The molecule has 7 heteroatoms. The summed E-state index contributed by atoms with van der Waals surface area (Å²) >= 11 is 0. The fraction of sp³-hybridized carbons (Fsp3) is 0.368.